The molecule has 0 aromatic carbocycles. The minimum absolute atomic E-state index is 0.00258. The van der Waals surface area contributed by atoms with Crippen molar-refractivity contribution in [2.24, 2.45) is 53.3 Å². The maximum absolute atomic E-state index is 13.7. The van der Waals surface area contributed by atoms with Crippen molar-refractivity contribution < 1.29 is 208 Å². The SMILES string of the molecule is CC(OC(=O)CCC(=O)OC1C2OC(=O)C3C2OC1C3C(=O)OC(C)(C)C1CC2CCC1O2)C(F)(F)S(=O)(=O)[O-].CCC(C)(OC(=O)C1C2OC3C(OC(=O)C31)C2OC(=O)CCC(=O)OC(C)C(F)(F)S(=O)(=O)[O-])C1CC2CCC1O2.CCC(CC)(OC(=O)C1C2OC3C(OC(=O)C31)C2OC(=O)CCC(=O)OC(C)C(F)(F)S(=O)(=O)[O-])C1CC2CCC1O2. The van der Waals surface area contributed by atoms with Crippen molar-refractivity contribution in [3.8, 4) is 0 Å². The number of ether oxygens (including phenoxy) is 18. The Bertz CT molecular complexity index is 4550. The van der Waals surface area contributed by atoms with Crippen LogP contribution in [-0.4, -0.2) is 271 Å². The second kappa shape index (κ2) is 34.0. The van der Waals surface area contributed by atoms with Crippen molar-refractivity contribution in [2.45, 2.75) is 339 Å². The van der Waals surface area contributed by atoms with Gasteiger partial charge in [0, 0.05) is 17.8 Å². The Balaban J connectivity index is 0.000000159. The summed E-state index contributed by atoms with van der Waals surface area (Å²) in [6.07, 6.45) is -14.6. The molecule has 123 heavy (non-hydrogen) atoms. The van der Waals surface area contributed by atoms with E-state index in [1.807, 2.05) is 27.7 Å². The Kier molecular flexibility index (Phi) is 25.8. The maximum Gasteiger partial charge on any atom is 0.369 e. The van der Waals surface area contributed by atoms with E-state index in [-0.39, 0.29) is 54.4 Å². The third kappa shape index (κ3) is 17.4. The molecule has 12 bridgehead atoms. The Morgan fingerprint density at radius 3 is 0.943 bits per heavy atom. The summed E-state index contributed by atoms with van der Waals surface area (Å²) in [5.74, 6) is -17.4. The van der Waals surface area contributed by atoms with Gasteiger partial charge in [0.05, 0.1) is 75.1 Å². The number of rotatable bonds is 33. The van der Waals surface area contributed by atoms with Crippen molar-refractivity contribution in [1.29, 1.82) is 0 Å². The standard InChI is InChI=1S/C26H34F2O13S.C25H32F2O13S.C24H30F2O13S/c1-4-25(5-2,13-10-12-6-7-14(13)37-12)41-24(32)18-17-19-22(40-23(17)31)21(20(18)39-19)38-16(30)9-8-15(29)36-11(3)26(27,28)42(33,34)35;1-4-24(3,12-9-11-5-6-13(12)36-11)40-23(31)17-16-18-21(39-22(16)30)20(19(17)38-18)37-15(29)8-7-14(28)35-10(2)25(26,27)41(32,33)34;1-9(24(25,26)40(31,32)33)34-13(27)6-7-14(28)36-19-18-16(15-17(37-18)20(19)38-21(15)29)22(30)39-23(2,3)11-8-10-4-5-12(11)35-10/h11-14,17-22H,4-10H2,1-3H3,(H,33,34,35);10-13,16-21H,4-9H2,1-3H3,(H,32,33,34);9-12,15-20H,4-8H2,1-3H3,(H,31,32,33)/p-3. The molecule has 15 aliphatic rings. The van der Waals surface area contributed by atoms with Crippen molar-refractivity contribution in [2.75, 3.05) is 0 Å². The molecule has 15 heterocycles. The van der Waals surface area contributed by atoms with Gasteiger partial charge in [0.25, 0.3) is 0 Å². The van der Waals surface area contributed by atoms with E-state index in [1.54, 1.807) is 13.8 Å². The van der Waals surface area contributed by atoms with Gasteiger partial charge in [0.15, 0.2) is 85.3 Å². The Morgan fingerprint density at radius 1 is 0.382 bits per heavy atom. The molecule has 690 valence electrons. The van der Waals surface area contributed by atoms with Crippen LogP contribution >= 0.6 is 0 Å². The fourth-order valence-corrected chi connectivity index (χ4v) is 21.6. The van der Waals surface area contributed by atoms with Crippen LogP contribution in [0.3, 0.4) is 0 Å². The van der Waals surface area contributed by atoms with Crippen LogP contribution in [0.2, 0.25) is 0 Å². The summed E-state index contributed by atoms with van der Waals surface area (Å²) in [5.41, 5.74) is -2.56. The van der Waals surface area contributed by atoms with Crippen LogP contribution in [0.15, 0.2) is 0 Å². The number of hydrogen-bond donors (Lipinski definition) is 0. The molecule has 0 amide bonds. The van der Waals surface area contributed by atoms with Gasteiger partial charge in [-0.2, -0.15) is 26.3 Å². The molecule has 48 heteroatoms. The lowest BCUT2D eigenvalue weighted by Gasteiger charge is -2.41. The van der Waals surface area contributed by atoms with Gasteiger partial charge >= 0.3 is 87.4 Å². The van der Waals surface area contributed by atoms with Gasteiger partial charge < -0.3 is 98.9 Å². The zero-order valence-electron chi connectivity index (χ0n) is 67.5. The number of carbonyl (C=O) groups is 12. The first-order chi connectivity index (χ1) is 57.2. The molecule has 15 saturated heterocycles. The molecule has 15 rings (SSSR count). The van der Waals surface area contributed by atoms with E-state index in [9.17, 15) is 123 Å². The fourth-order valence-electron chi connectivity index (χ4n) is 20.3. The predicted molar refractivity (Wildman–Crippen MR) is 377 cm³/mol. The highest BCUT2D eigenvalue weighted by atomic mass is 32.2. The monoisotopic (exact) mass is 1830 g/mol. The molecule has 31 atom stereocenters. The normalized spacial score (nSPS) is 36.6. The molecule has 0 aliphatic carbocycles. The van der Waals surface area contributed by atoms with Gasteiger partial charge in [-0.15, -0.1) is 0 Å². The van der Waals surface area contributed by atoms with Gasteiger partial charge in [0.2, 0.25) is 0 Å². The number of carbonyl (C=O) groups excluding carboxylic acids is 12. The highest BCUT2D eigenvalue weighted by Gasteiger charge is 2.76. The Hall–Kier alpha value is -7.29. The highest BCUT2D eigenvalue weighted by molar-refractivity contribution is 7.87. The predicted octanol–water partition coefficient (Wildman–Crippen LogP) is 2.90. The van der Waals surface area contributed by atoms with Crippen LogP contribution in [0.4, 0.5) is 26.3 Å². The van der Waals surface area contributed by atoms with Crippen molar-refractivity contribution in [3.05, 3.63) is 0 Å². The zero-order valence-corrected chi connectivity index (χ0v) is 69.9. The van der Waals surface area contributed by atoms with E-state index in [4.69, 9.17) is 71.1 Å². The molecule has 31 unspecified atom stereocenters. The van der Waals surface area contributed by atoms with Crippen LogP contribution in [0, 0.1) is 53.3 Å². The summed E-state index contributed by atoms with van der Waals surface area (Å²) in [5, 5.41) is -14.6. The fraction of sp³-hybridized carbons (Fsp3) is 0.840. The largest absolute Gasteiger partial charge is 0.743 e. The molecule has 0 spiro atoms. The van der Waals surface area contributed by atoms with Gasteiger partial charge in [-0.3, -0.25) is 57.5 Å². The van der Waals surface area contributed by atoms with Gasteiger partial charge in [-0.1, -0.05) is 20.8 Å². The van der Waals surface area contributed by atoms with Crippen LogP contribution in [0.5, 0.6) is 0 Å². The summed E-state index contributed by atoms with van der Waals surface area (Å²) in [4.78, 5) is 152. The minimum atomic E-state index is -6.10. The molecule has 0 aromatic rings. The van der Waals surface area contributed by atoms with Gasteiger partial charge in [0.1, 0.15) is 88.9 Å². The first kappa shape index (κ1) is 93.4. The number of fused-ring (bicyclic) bond motifs is 9. The summed E-state index contributed by atoms with van der Waals surface area (Å²) in [6.45, 7) is 12.7. The molecule has 0 aromatic heterocycles. The van der Waals surface area contributed by atoms with Crippen molar-refractivity contribution in [1.82, 2.24) is 0 Å². The summed E-state index contributed by atoms with van der Waals surface area (Å²) in [7, 11) is -18.3. The van der Waals surface area contributed by atoms with E-state index in [1.165, 1.54) is 0 Å². The molecule has 15 fully saturated rings. The van der Waals surface area contributed by atoms with E-state index >= 15 is 0 Å². The van der Waals surface area contributed by atoms with Crippen LogP contribution in [0.1, 0.15) is 178 Å². The molecule has 0 N–H and O–H groups in total. The number of halogens is 6. The van der Waals surface area contributed by atoms with E-state index < -0.39 is 300 Å². The Labute approximate surface area is 699 Å². The first-order valence-electron chi connectivity index (χ1n) is 40.6. The van der Waals surface area contributed by atoms with Crippen LogP contribution in [0.25, 0.3) is 0 Å². The van der Waals surface area contributed by atoms with Crippen molar-refractivity contribution in [3.63, 3.8) is 0 Å². The lowest BCUT2D eigenvalue weighted by molar-refractivity contribution is -0.182. The number of hydrogen-bond acceptors (Lipinski definition) is 39. The summed E-state index contributed by atoms with van der Waals surface area (Å²) in [6, 6.07) is 0. The third-order valence-electron chi connectivity index (χ3n) is 26.8. The lowest BCUT2D eigenvalue weighted by atomic mass is 9.73. The third-order valence-corrected chi connectivity index (χ3v) is 29.8. The summed E-state index contributed by atoms with van der Waals surface area (Å²) < 4.78 is 276. The topological polar surface area (TPSA) is 543 Å². The average Bonchev–Trinajstić information content (AvgIpc) is 1.55. The minimum Gasteiger partial charge on any atom is -0.743 e. The van der Waals surface area contributed by atoms with E-state index in [2.05, 4.69) is 14.2 Å². The quantitative estimate of drug-likeness (QED) is 0.0394. The zero-order chi connectivity index (χ0) is 90.2. The van der Waals surface area contributed by atoms with Gasteiger partial charge in [-0.05, 0) is 119 Å². The maximum atomic E-state index is 13.7. The second-order valence-electron chi connectivity index (χ2n) is 34.3. The van der Waals surface area contributed by atoms with Gasteiger partial charge in [-0.25, -0.2) is 25.3 Å². The van der Waals surface area contributed by atoms with Crippen molar-refractivity contribution >= 4 is 102 Å². The lowest BCUT2D eigenvalue weighted by Crippen LogP contribution is -2.52. The van der Waals surface area contributed by atoms with Crippen LogP contribution in [-0.2, 0) is 173 Å². The van der Waals surface area contributed by atoms with E-state index in [0.29, 0.717) is 40.0 Å². The molecule has 0 saturated carbocycles. The molecular weight excluding hydrogens is 1730 g/mol. The highest BCUT2D eigenvalue weighted by Crippen LogP contribution is 2.58. The van der Waals surface area contributed by atoms with E-state index in [0.717, 1.165) is 57.8 Å². The van der Waals surface area contributed by atoms with Crippen LogP contribution < -0.4 is 0 Å². The average molecular weight is 1830 g/mol. The smallest absolute Gasteiger partial charge is 0.369 e. The molecule has 0 radical (unpaired) electrons. The molecule has 39 nitrogen and oxygen atoms in total. The molecule has 15 aliphatic heterocycles. The first-order valence-corrected chi connectivity index (χ1v) is 44.8. The second-order valence-corrected chi connectivity index (χ2v) is 38.7. The summed E-state index contributed by atoms with van der Waals surface area (Å²) >= 11 is 0. The number of esters is 12. The Morgan fingerprint density at radius 2 is 0.667 bits per heavy atom. The molecular formula is C75H93F6O39S3-3. The number of alkyl halides is 6.